The Labute approximate surface area is 353 Å². The predicted octanol–water partition coefficient (Wildman–Crippen LogP) is 15.2. The Morgan fingerprint density at radius 3 is 1.46 bits per heavy atom. The number of esters is 2. The first kappa shape index (κ1) is 51.7. The van der Waals surface area contributed by atoms with Crippen LogP contribution >= 0.6 is 0 Å². The van der Waals surface area contributed by atoms with Gasteiger partial charge in [0.15, 0.2) is 0 Å². The molecule has 0 aromatic rings. The average Bonchev–Trinajstić information content (AvgIpc) is 3.83. The molecule has 5 atom stereocenters. The van der Waals surface area contributed by atoms with Crippen molar-refractivity contribution in [2.45, 2.75) is 302 Å². The number of carbonyl (C=O) groups excluding carboxylic acids is 2. The molecule has 2 aliphatic rings. The molecule has 0 aromatic carbocycles. The SMILES string of the molecule is CCCCCCCCCCCCCCCC(=O)OC(CCCCCCCCCCCCC1=CC(C)OC1=O)C1CCC(C(O)CCCCCCCCCCCC)O1. The smallest absolute Gasteiger partial charge is 0.334 e. The lowest BCUT2D eigenvalue weighted by Gasteiger charge is -2.26. The molecular formula is C51H94O6. The first-order chi connectivity index (χ1) is 27.9. The highest BCUT2D eigenvalue weighted by Gasteiger charge is 2.36. The van der Waals surface area contributed by atoms with Gasteiger partial charge in [0, 0.05) is 12.0 Å². The number of ether oxygens (including phenoxy) is 3. The zero-order chi connectivity index (χ0) is 41.0. The minimum absolute atomic E-state index is 0.0569. The first-order valence-corrected chi connectivity index (χ1v) is 25.4. The minimum Gasteiger partial charge on any atom is -0.460 e. The molecule has 334 valence electrons. The average molecular weight is 803 g/mol. The van der Waals surface area contributed by atoms with Gasteiger partial charge in [0.25, 0.3) is 0 Å². The fourth-order valence-corrected chi connectivity index (χ4v) is 9.00. The predicted molar refractivity (Wildman–Crippen MR) is 240 cm³/mol. The summed E-state index contributed by atoms with van der Waals surface area (Å²) in [5.41, 5.74) is 0.866. The Bertz CT molecular complexity index is 979. The third-order valence-electron chi connectivity index (χ3n) is 12.7. The van der Waals surface area contributed by atoms with Crippen LogP contribution in [0.4, 0.5) is 0 Å². The van der Waals surface area contributed by atoms with Crippen molar-refractivity contribution < 1.29 is 28.9 Å². The van der Waals surface area contributed by atoms with Gasteiger partial charge in [-0.3, -0.25) is 4.79 Å². The largest absolute Gasteiger partial charge is 0.460 e. The lowest BCUT2D eigenvalue weighted by atomic mass is 9.99. The second kappa shape index (κ2) is 36.5. The van der Waals surface area contributed by atoms with Crippen LogP contribution < -0.4 is 0 Å². The molecule has 1 fully saturated rings. The molecule has 0 bridgehead atoms. The monoisotopic (exact) mass is 803 g/mol. The van der Waals surface area contributed by atoms with E-state index in [0.717, 1.165) is 76.2 Å². The molecule has 6 heteroatoms. The van der Waals surface area contributed by atoms with Gasteiger partial charge >= 0.3 is 11.9 Å². The topological polar surface area (TPSA) is 82.1 Å². The van der Waals surface area contributed by atoms with E-state index in [4.69, 9.17) is 14.2 Å². The van der Waals surface area contributed by atoms with Crippen molar-refractivity contribution in [2.24, 2.45) is 0 Å². The van der Waals surface area contributed by atoms with Crippen LogP contribution in [0.3, 0.4) is 0 Å². The van der Waals surface area contributed by atoms with E-state index in [1.807, 2.05) is 13.0 Å². The zero-order valence-corrected chi connectivity index (χ0v) is 38.0. The molecule has 0 saturated carbocycles. The van der Waals surface area contributed by atoms with Crippen molar-refractivity contribution in [1.29, 1.82) is 0 Å². The summed E-state index contributed by atoms with van der Waals surface area (Å²) in [6.45, 7) is 6.48. The molecule has 5 unspecified atom stereocenters. The molecule has 57 heavy (non-hydrogen) atoms. The number of hydrogen-bond donors (Lipinski definition) is 1. The zero-order valence-electron chi connectivity index (χ0n) is 38.0. The standard InChI is InChI=1S/C51H94O6/c1-4-6-8-10-12-14-16-17-18-24-28-32-36-40-50(53)57-48(39-35-31-27-23-20-19-21-25-29-33-37-45-43-44(3)55-51(45)54)49-42-41-47(56-49)46(52)38-34-30-26-22-15-13-11-9-7-5-2/h43-44,46-49,52H,4-42H2,1-3H3. The number of carbonyl (C=O) groups is 2. The van der Waals surface area contributed by atoms with E-state index >= 15 is 0 Å². The molecule has 6 nitrogen and oxygen atoms in total. The van der Waals surface area contributed by atoms with Gasteiger partial charge in [-0.15, -0.1) is 0 Å². The van der Waals surface area contributed by atoms with E-state index in [-0.39, 0.29) is 36.4 Å². The van der Waals surface area contributed by atoms with Crippen molar-refractivity contribution in [2.75, 3.05) is 0 Å². The molecule has 2 heterocycles. The summed E-state index contributed by atoms with van der Waals surface area (Å²) >= 11 is 0. The van der Waals surface area contributed by atoms with Crippen LogP contribution in [0, 0.1) is 0 Å². The third kappa shape index (κ3) is 27.9. The lowest BCUT2D eigenvalue weighted by molar-refractivity contribution is -0.160. The van der Waals surface area contributed by atoms with Crippen molar-refractivity contribution in [3.63, 3.8) is 0 Å². The van der Waals surface area contributed by atoms with Crippen molar-refractivity contribution in [3.8, 4) is 0 Å². The van der Waals surface area contributed by atoms with Crippen molar-refractivity contribution >= 4 is 11.9 Å². The first-order valence-electron chi connectivity index (χ1n) is 25.4. The van der Waals surface area contributed by atoms with E-state index in [2.05, 4.69) is 13.8 Å². The Kier molecular flexibility index (Phi) is 33.1. The molecule has 1 saturated heterocycles. The second-order valence-electron chi connectivity index (χ2n) is 18.2. The molecule has 0 radical (unpaired) electrons. The highest BCUT2D eigenvalue weighted by molar-refractivity contribution is 5.90. The summed E-state index contributed by atoms with van der Waals surface area (Å²) in [6.07, 6.45) is 47.7. The van der Waals surface area contributed by atoms with Gasteiger partial charge in [0.1, 0.15) is 12.2 Å². The van der Waals surface area contributed by atoms with Crippen LogP contribution in [0.5, 0.6) is 0 Å². The van der Waals surface area contributed by atoms with Crippen molar-refractivity contribution in [3.05, 3.63) is 11.6 Å². The van der Waals surface area contributed by atoms with E-state index in [1.165, 1.54) is 173 Å². The molecule has 0 spiro atoms. The normalized spacial score (nSPS) is 19.2. The maximum atomic E-state index is 13.1. The highest BCUT2D eigenvalue weighted by atomic mass is 16.6. The fourth-order valence-electron chi connectivity index (χ4n) is 9.00. The van der Waals surface area contributed by atoms with E-state index in [9.17, 15) is 14.7 Å². The molecule has 2 aliphatic heterocycles. The summed E-state index contributed by atoms with van der Waals surface area (Å²) in [7, 11) is 0. The third-order valence-corrected chi connectivity index (χ3v) is 12.7. The Balaban J connectivity index is 1.62. The molecule has 0 aliphatic carbocycles. The molecule has 0 aromatic heterocycles. The summed E-state index contributed by atoms with van der Waals surface area (Å²) < 4.78 is 17.9. The van der Waals surface area contributed by atoms with Gasteiger partial charge in [0.05, 0.1) is 18.3 Å². The van der Waals surface area contributed by atoms with E-state index in [0.29, 0.717) is 6.42 Å². The molecule has 1 N–H and O–H groups in total. The van der Waals surface area contributed by atoms with Gasteiger partial charge < -0.3 is 19.3 Å². The number of unbranched alkanes of at least 4 members (excludes halogenated alkanes) is 30. The van der Waals surface area contributed by atoms with Crippen LogP contribution in [0.15, 0.2) is 11.6 Å². The Morgan fingerprint density at radius 1 is 0.596 bits per heavy atom. The van der Waals surface area contributed by atoms with Crippen LogP contribution in [0.2, 0.25) is 0 Å². The quantitative estimate of drug-likeness (QED) is 0.0490. The van der Waals surface area contributed by atoms with Gasteiger partial charge in [-0.2, -0.15) is 0 Å². The molecule has 0 amide bonds. The molecular weight excluding hydrogens is 709 g/mol. The highest BCUT2D eigenvalue weighted by Crippen LogP contribution is 2.30. The number of cyclic esters (lactones) is 1. The van der Waals surface area contributed by atoms with Crippen LogP contribution in [-0.2, 0) is 23.8 Å². The van der Waals surface area contributed by atoms with E-state index in [1.54, 1.807) is 0 Å². The van der Waals surface area contributed by atoms with Gasteiger partial charge in [-0.1, -0.05) is 206 Å². The summed E-state index contributed by atoms with van der Waals surface area (Å²) in [5, 5.41) is 11.0. The maximum absolute atomic E-state index is 13.1. The summed E-state index contributed by atoms with van der Waals surface area (Å²) in [6, 6.07) is 0. The number of aliphatic hydroxyl groups is 1. The van der Waals surface area contributed by atoms with Crippen LogP contribution in [0.25, 0.3) is 0 Å². The number of aliphatic hydroxyl groups excluding tert-OH is 1. The Morgan fingerprint density at radius 2 is 1.00 bits per heavy atom. The van der Waals surface area contributed by atoms with Gasteiger partial charge in [-0.25, -0.2) is 4.79 Å². The van der Waals surface area contributed by atoms with Gasteiger partial charge in [0.2, 0.25) is 0 Å². The van der Waals surface area contributed by atoms with Gasteiger partial charge in [-0.05, 0) is 64.4 Å². The summed E-state index contributed by atoms with van der Waals surface area (Å²) in [4.78, 5) is 24.9. The second-order valence-corrected chi connectivity index (χ2v) is 18.2. The number of rotatable bonds is 41. The van der Waals surface area contributed by atoms with Crippen LogP contribution in [0.1, 0.15) is 271 Å². The maximum Gasteiger partial charge on any atom is 0.334 e. The van der Waals surface area contributed by atoms with Crippen molar-refractivity contribution in [1.82, 2.24) is 0 Å². The number of hydrogen-bond acceptors (Lipinski definition) is 6. The fraction of sp³-hybridized carbons (Fsp3) is 0.922. The minimum atomic E-state index is -0.418. The Hall–Kier alpha value is -1.40. The summed E-state index contributed by atoms with van der Waals surface area (Å²) in [5.74, 6) is -0.180. The molecule has 2 rings (SSSR count). The van der Waals surface area contributed by atoms with E-state index < -0.39 is 6.10 Å². The lowest BCUT2D eigenvalue weighted by Crippen LogP contribution is -2.34. The van der Waals surface area contributed by atoms with Crippen LogP contribution in [-0.4, -0.2) is 47.6 Å².